The maximum Gasteiger partial charge on any atom is 0.305 e. The van der Waals surface area contributed by atoms with E-state index in [1.54, 1.807) is 0 Å². The van der Waals surface area contributed by atoms with Gasteiger partial charge in [-0.05, 0) is 25.8 Å². The van der Waals surface area contributed by atoms with Crippen LogP contribution in [0, 0.1) is 5.92 Å². The molecule has 4 heteroatoms. The first kappa shape index (κ1) is 14.5. The number of rotatable bonds is 6. The van der Waals surface area contributed by atoms with E-state index in [1.165, 1.54) is 6.42 Å². The second-order valence-electron chi connectivity index (χ2n) is 5.52. The highest BCUT2D eigenvalue weighted by molar-refractivity contribution is 5.68. The Kier molecular flexibility index (Phi) is 5.40. The van der Waals surface area contributed by atoms with E-state index in [9.17, 15) is 4.79 Å². The molecule has 0 aromatic heterocycles. The second-order valence-corrected chi connectivity index (χ2v) is 5.52. The molecule has 0 saturated heterocycles. The van der Waals surface area contributed by atoms with Gasteiger partial charge < -0.3 is 10.2 Å². The number of aliphatic hydroxyl groups excluding tert-OH is 1. The van der Waals surface area contributed by atoms with Gasteiger partial charge in [-0.1, -0.05) is 26.2 Å². The van der Waals surface area contributed by atoms with Gasteiger partial charge in [0.25, 0.3) is 0 Å². The summed E-state index contributed by atoms with van der Waals surface area (Å²) in [4.78, 5) is 13.2. The number of nitrogens with zero attached hydrogens (tertiary/aromatic N) is 1. The summed E-state index contributed by atoms with van der Waals surface area (Å²) in [6.07, 6.45) is 5.60. The van der Waals surface area contributed by atoms with Crippen LogP contribution in [0.1, 0.15) is 45.4 Å². The Labute approximate surface area is 104 Å². The lowest BCUT2D eigenvalue weighted by molar-refractivity contribution is -0.141. The summed E-state index contributed by atoms with van der Waals surface area (Å²) in [6.45, 7) is 2.92. The van der Waals surface area contributed by atoms with Crippen LogP contribution in [0.3, 0.4) is 0 Å². The maximum atomic E-state index is 11.1. The molecule has 100 valence electrons. The van der Waals surface area contributed by atoms with E-state index in [2.05, 4.69) is 4.90 Å². The highest BCUT2D eigenvalue weighted by Gasteiger charge is 2.38. The van der Waals surface area contributed by atoms with Gasteiger partial charge in [0.15, 0.2) is 0 Å². The van der Waals surface area contributed by atoms with E-state index in [1.807, 2.05) is 14.0 Å². The molecular weight excluding hydrogens is 218 g/mol. The zero-order valence-electron chi connectivity index (χ0n) is 11.0. The second kappa shape index (κ2) is 6.36. The summed E-state index contributed by atoms with van der Waals surface area (Å²) in [5, 5.41) is 18.2. The van der Waals surface area contributed by atoms with E-state index in [0.717, 1.165) is 32.2 Å². The Morgan fingerprint density at radius 2 is 1.94 bits per heavy atom. The molecule has 4 nitrogen and oxygen atoms in total. The van der Waals surface area contributed by atoms with Gasteiger partial charge >= 0.3 is 5.97 Å². The van der Waals surface area contributed by atoms with Crippen LogP contribution in [-0.4, -0.2) is 46.8 Å². The van der Waals surface area contributed by atoms with Crippen LogP contribution in [0.15, 0.2) is 0 Å². The number of carbonyl (C=O) groups is 1. The van der Waals surface area contributed by atoms with Gasteiger partial charge in [-0.2, -0.15) is 0 Å². The molecule has 0 radical (unpaired) electrons. The van der Waals surface area contributed by atoms with Crippen LogP contribution in [0.25, 0.3) is 0 Å². The van der Waals surface area contributed by atoms with Crippen LogP contribution < -0.4 is 0 Å². The predicted octanol–water partition coefficient (Wildman–Crippen LogP) is 1.72. The van der Waals surface area contributed by atoms with Crippen molar-refractivity contribution in [1.29, 1.82) is 0 Å². The van der Waals surface area contributed by atoms with Crippen LogP contribution in [-0.2, 0) is 4.79 Å². The van der Waals surface area contributed by atoms with Crippen molar-refractivity contribution < 1.29 is 15.0 Å². The Morgan fingerprint density at radius 3 is 2.41 bits per heavy atom. The Balaban J connectivity index is 2.70. The van der Waals surface area contributed by atoms with E-state index >= 15 is 0 Å². The summed E-state index contributed by atoms with van der Waals surface area (Å²) in [6, 6.07) is 0. The van der Waals surface area contributed by atoms with E-state index in [-0.39, 0.29) is 24.5 Å². The molecule has 0 bridgehead atoms. The Hall–Kier alpha value is -0.610. The zero-order valence-corrected chi connectivity index (χ0v) is 11.0. The number of hydrogen-bond donors (Lipinski definition) is 2. The fourth-order valence-electron chi connectivity index (χ4n) is 2.90. The summed E-state index contributed by atoms with van der Waals surface area (Å²) < 4.78 is 0. The molecule has 0 heterocycles. The van der Waals surface area contributed by atoms with Crippen molar-refractivity contribution in [3.63, 3.8) is 0 Å². The number of hydrogen-bond acceptors (Lipinski definition) is 3. The highest BCUT2D eigenvalue weighted by Crippen LogP contribution is 2.36. The monoisotopic (exact) mass is 243 g/mol. The molecule has 0 spiro atoms. The van der Waals surface area contributed by atoms with Crippen molar-refractivity contribution in [2.24, 2.45) is 5.92 Å². The van der Waals surface area contributed by atoms with Crippen molar-refractivity contribution in [3.05, 3.63) is 0 Å². The standard InChI is InChI=1S/C13H25NO3/c1-11(10-15)9-14(2)13(8-12(16)17)6-4-3-5-7-13/h11,15H,3-10H2,1-2H3,(H,16,17). The van der Waals surface area contributed by atoms with Gasteiger partial charge in [-0.3, -0.25) is 9.69 Å². The van der Waals surface area contributed by atoms with Gasteiger partial charge in [0.05, 0.1) is 6.42 Å². The topological polar surface area (TPSA) is 60.8 Å². The summed E-state index contributed by atoms with van der Waals surface area (Å²) in [7, 11) is 2.00. The molecule has 2 N–H and O–H groups in total. The minimum absolute atomic E-state index is 0.160. The molecule has 1 aliphatic rings. The fraction of sp³-hybridized carbons (Fsp3) is 0.923. The molecule has 0 amide bonds. The summed E-state index contributed by atoms with van der Waals surface area (Å²) >= 11 is 0. The minimum Gasteiger partial charge on any atom is -0.481 e. The van der Waals surface area contributed by atoms with Gasteiger partial charge in [0, 0.05) is 18.7 Å². The lowest BCUT2D eigenvalue weighted by atomic mass is 9.77. The lowest BCUT2D eigenvalue weighted by Crippen LogP contribution is -2.51. The Morgan fingerprint density at radius 1 is 1.35 bits per heavy atom. The third-order valence-electron chi connectivity index (χ3n) is 3.97. The molecule has 1 unspecified atom stereocenters. The van der Waals surface area contributed by atoms with Crippen molar-refractivity contribution in [3.8, 4) is 0 Å². The normalized spacial score (nSPS) is 21.4. The smallest absolute Gasteiger partial charge is 0.305 e. The average Bonchev–Trinajstić information content (AvgIpc) is 2.29. The molecule has 17 heavy (non-hydrogen) atoms. The van der Waals surface area contributed by atoms with Crippen LogP contribution in [0.5, 0.6) is 0 Å². The summed E-state index contributed by atoms with van der Waals surface area (Å²) in [5.74, 6) is -0.511. The molecule has 1 saturated carbocycles. The van der Waals surface area contributed by atoms with Crippen LogP contribution in [0.4, 0.5) is 0 Å². The molecule has 0 aromatic rings. The van der Waals surface area contributed by atoms with E-state index < -0.39 is 5.97 Å². The first-order chi connectivity index (χ1) is 8.00. The first-order valence-corrected chi connectivity index (χ1v) is 6.54. The predicted molar refractivity (Wildman–Crippen MR) is 66.9 cm³/mol. The number of aliphatic carboxylic acids is 1. The van der Waals surface area contributed by atoms with Crippen LogP contribution in [0.2, 0.25) is 0 Å². The van der Waals surface area contributed by atoms with E-state index in [4.69, 9.17) is 10.2 Å². The average molecular weight is 243 g/mol. The first-order valence-electron chi connectivity index (χ1n) is 6.54. The highest BCUT2D eigenvalue weighted by atomic mass is 16.4. The molecule has 1 fully saturated rings. The largest absolute Gasteiger partial charge is 0.481 e. The van der Waals surface area contributed by atoms with Gasteiger partial charge in [0.2, 0.25) is 0 Å². The van der Waals surface area contributed by atoms with Crippen molar-refractivity contribution >= 4 is 5.97 Å². The number of carboxylic acids is 1. The quantitative estimate of drug-likeness (QED) is 0.746. The fourth-order valence-corrected chi connectivity index (χ4v) is 2.90. The number of carboxylic acid groups (broad SMARTS) is 1. The van der Waals surface area contributed by atoms with Gasteiger partial charge in [0.1, 0.15) is 0 Å². The van der Waals surface area contributed by atoms with E-state index in [0.29, 0.717) is 0 Å². The zero-order chi connectivity index (χ0) is 12.9. The third kappa shape index (κ3) is 3.96. The van der Waals surface area contributed by atoms with Crippen LogP contribution >= 0.6 is 0 Å². The molecular formula is C13H25NO3. The summed E-state index contributed by atoms with van der Waals surface area (Å²) in [5.41, 5.74) is -0.187. The van der Waals surface area contributed by atoms with Crippen molar-refractivity contribution in [1.82, 2.24) is 4.90 Å². The van der Waals surface area contributed by atoms with Gasteiger partial charge in [-0.15, -0.1) is 0 Å². The Bertz CT molecular complexity index is 249. The maximum absolute atomic E-state index is 11.1. The minimum atomic E-state index is -0.713. The number of aliphatic hydroxyl groups is 1. The molecule has 1 aliphatic carbocycles. The van der Waals surface area contributed by atoms with Crippen molar-refractivity contribution in [2.75, 3.05) is 20.2 Å². The molecule has 0 aliphatic heterocycles. The third-order valence-corrected chi connectivity index (χ3v) is 3.97. The van der Waals surface area contributed by atoms with Gasteiger partial charge in [-0.25, -0.2) is 0 Å². The molecule has 1 atom stereocenters. The lowest BCUT2D eigenvalue weighted by Gasteiger charge is -2.44. The molecule has 1 rings (SSSR count). The SMILES string of the molecule is CC(CO)CN(C)C1(CC(=O)O)CCCCC1. The van der Waals surface area contributed by atoms with Crippen molar-refractivity contribution in [2.45, 2.75) is 51.0 Å². The molecule has 0 aromatic carbocycles.